The molecule has 9 heteroatoms. The summed E-state index contributed by atoms with van der Waals surface area (Å²) >= 11 is 0. The fourth-order valence-corrected chi connectivity index (χ4v) is 4.93. The molecule has 2 amide bonds. The van der Waals surface area contributed by atoms with Crippen molar-refractivity contribution in [3.63, 3.8) is 0 Å². The topological polar surface area (TPSA) is 117 Å². The number of piperidine rings is 1. The van der Waals surface area contributed by atoms with Crippen LogP contribution in [0.1, 0.15) is 61.5 Å². The number of amides is 2. The van der Waals surface area contributed by atoms with Gasteiger partial charge < -0.3 is 19.3 Å². The van der Waals surface area contributed by atoms with Crippen LogP contribution >= 0.6 is 0 Å². The summed E-state index contributed by atoms with van der Waals surface area (Å²) in [5.74, 6) is -1.89. The van der Waals surface area contributed by atoms with Gasteiger partial charge >= 0.3 is 5.97 Å². The van der Waals surface area contributed by atoms with E-state index in [2.05, 4.69) is 0 Å². The van der Waals surface area contributed by atoms with E-state index in [1.54, 1.807) is 54.8 Å². The molecule has 40 heavy (non-hydrogen) atoms. The van der Waals surface area contributed by atoms with Crippen molar-refractivity contribution in [3.05, 3.63) is 71.3 Å². The molecular formula is C31H35N3O6. The summed E-state index contributed by atoms with van der Waals surface area (Å²) in [7, 11) is 0. The second kappa shape index (κ2) is 12.4. The first kappa shape index (κ1) is 29.0. The molecule has 210 valence electrons. The molecule has 9 nitrogen and oxygen atoms in total. The molecule has 0 saturated carbocycles. The van der Waals surface area contributed by atoms with Crippen LogP contribution in [0.2, 0.25) is 0 Å². The van der Waals surface area contributed by atoms with E-state index in [1.165, 1.54) is 0 Å². The Hall–Kier alpha value is -4.03. The molecule has 2 aromatic carbocycles. The van der Waals surface area contributed by atoms with E-state index in [9.17, 15) is 19.2 Å². The zero-order valence-electron chi connectivity index (χ0n) is 23.2. The van der Waals surface area contributed by atoms with Crippen molar-refractivity contribution in [1.29, 1.82) is 5.26 Å². The Morgan fingerprint density at radius 2 is 1.60 bits per heavy atom. The van der Waals surface area contributed by atoms with E-state index in [1.807, 2.05) is 36.4 Å². The summed E-state index contributed by atoms with van der Waals surface area (Å²) in [6.45, 7) is 6.35. The number of carbonyl (C=O) groups is 4. The molecule has 2 fully saturated rings. The average Bonchev–Trinajstić information content (AvgIpc) is 3.39. The highest BCUT2D eigenvalue weighted by atomic mass is 16.5. The number of likely N-dealkylation sites (tertiary alicyclic amines) is 2. The third-order valence-electron chi connectivity index (χ3n) is 7.29. The van der Waals surface area contributed by atoms with Crippen molar-refractivity contribution >= 4 is 23.6 Å². The minimum atomic E-state index is -0.842. The van der Waals surface area contributed by atoms with Gasteiger partial charge in [0.1, 0.15) is 12.1 Å². The molecular weight excluding hydrogens is 510 g/mol. The monoisotopic (exact) mass is 545 g/mol. The Kier molecular flexibility index (Phi) is 9.00. The van der Waals surface area contributed by atoms with Crippen LogP contribution in [0, 0.1) is 16.7 Å². The molecule has 0 bridgehead atoms. The van der Waals surface area contributed by atoms with Crippen LogP contribution < -0.4 is 0 Å². The highest BCUT2D eigenvalue weighted by molar-refractivity contribution is 6.35. The van der Waals surface area contributed by atoms with Crippen LogP contribution in [0.3, 0.4) is 0 Å². The van der Waals surface area contributed by atoms with Gasteiger partial charge in [0.05, 0.1) is 24.3 Å². The number of benzene rings is 2. The fourth-order valence-electron chi connectivity index (χ4n) is 4.93. The van der Waals surface area contributed by atoms with E-state index in [4.69, 9.17) is 14.7 Å². The summed E-state index contributed by atoms with van der Waals surface area (Å²) in [6, 6.07) is 17.4. The zero-order valence-corrected chi connectivity index (χ0v) is 23.2. The molecule has 2 atom stereocenters. The minimum absolute atomic E-state index is 0.177. The van der Waals surface area contributed by atoms with Gasteiger partial charge in [0.2, 0.25) is 11.7 Å². The molecule has 0 aromatic heterocycles. The number of Topliss-reactive ketones (excluding diaryl/α,β-unsaturated/α-hetero) is 1. The van der Waals surface area contributed by atoms with Crippen molar-refractivity contribution in [2.24, 2.45) is 5.41 Å². The second-order valence-electron chi connectivity index (χ2n) is 11.3. The number of nitriles is 1. The average molecular weight is 546 g/mol. The number of esters is 1. The SMILES string of the molecule is CC(C)(C)C(=O)C(=O)OC1CCN(C(=O)C2CC(OCc3ccccc3)CN2C(=O)c2ccc(C#N)cc2)CC1. The van der Waals surface area contributed by atoms with Crippen molar-refractivity contribution in [1.82, 2.24) is 9.80 Å². The van der Waals surface area contributed by atoms with Gasteiger partial charge in [-0.2, -0.15) is 5.26 Å². The fraction of sp³-hybridized carbons (Fsp3) is 0.452. The van der Waals surface area contributed by atoms with Gasteiger partial charge in [0, 0.05) is 49.9 Å². The van der Waals surface area contributed by atoms with Crippen molar-refractivity contribution < 1.29 is 28.7 Å². The standard InChI is InChI=1S/C31H35N3O6/c1-31(2,3)27(35)30(38)40-24-13-15-33(16-14-24)29(37)26-17-25(39-20-22-7-5-4-6-8-22)19-34(26)28(36)23-11-9-21(18-32)10-12-23/h4-12,24-26H,13-17,19-20H2,1-3H3. The van der Waals surface area contributed by atoms with E-state index >= 15 is 0 Å². The minimum Gasteiger partial charge on any atom is -0.456 e. The second-order valence-corrected chi connectivity index (χ2v) is 11.3. The van der Waals surface area contributed by atoms with Crippen molar-refractivity contribution in [2.75, 3.05) is 19.6 Å². The molecule has 2 saturated heterocycles. The molecule has 0 spiro atoms. The maximum absolute atomic E-state index is 13.7. The van der Waals surface area contributed by atoms with Gasteiger partial charge in [-0.3, -0.25) is 14.4 Å². The number of ether oxygens (including phenoxy) is 2. The molecule has 2 aromatic rings. The number of hydrogen-bond donors (Lipinski definition) is 0. The molecule has 0 radical (unpaired) electrons. The first-order chi connectivity index (χ1) is 19.1. The number of nitrogens with zero attached hydrogens (tertiary/aromatic N) is 3. The molecule has 0 aliphatic carbocycles. The van der Waals surface area contributed by atoms with Gasteiger partial charge in [-0.15, -0.1) is 0 Å². The van der Waals surface area contributed by atoms with Gasteiger partial charge in [-0.1, -0.05) is 51.1 Å². The number of ketones is 1. The Balaban J connectivity index is 1.42. The lowest BCUT2D eigenvalue weighted by Gasteiger charge is -2.35. The molecule has 2 heterocycles. The van der Waals surface area contributed by atoms with Crippen LogP contribution in [0.15, 0.2) is 54.6 Å². The van der Waals surface area contributed by atoms with Crippen LogP contribution in [-0.4, -0.2) is 71.3 Å². The number of hydrogen-bond acceptors (Lipinski definition) is 7. The normalized spacial score (nSPS) is 19.6. The van der Waals surface area contributed by atoms with Gasteiger partial charge in [-0.25, -0.2) is 4.79 Å². The molecule has 0 N–H and O–H groups in total. The smallest absolute Gasteiger partial charge is 0.375 e. The Labute approximate surface area is 234 Å². The maximum Gasteiger partial charge on any atom is 0.375 e. The van der Waals surface area contributed by atoms with Crippen LogP contribution in [0.25, 0.3) is 0 Å². The number of carbonyl (C=O) groups excluding carboxylic acids is 4. The summed E-state index contributed by atoms with van der Waals surface area (Å²) in [6.07, 6.45) is 0.434. The number of rotatable bonds is 7. The van der Waals surface area contributed by atoms with Crippen molar-refractivity contribution in [2.45, 2.75) is 64.9 Å². The molecule has 2 aliphatic rings. The molecule has 2 unspecified atom stereocenters. The Morgan fingerprint density at radius 3 is 2.20 bits per heavy atom. The predicted molar refractivity (Wildman–Crippen MR) is 146 cm³/mol. The summed E-state index contributed by atoms with van der Waals surface area (Å²) in [4.78, 5) is 54.9. The highest BCUT2D eigenvalue weighted by Gasteiger charge is 2.43. The van der Waals surface area contributed by atoms with Crippen LogP contribution in [-0.2, 0) is 30.5 Å². The van der Waals surface area contributed by atoms with Gasteiger partial charge in [-0.05, 0) is 29.8 Å². The first-order valence-electron chi connectivity index (χ1n) is 13.6. The van der Waals surface area contributed by atoms with Crippen LogP contribution in [0.5, 0.6) is 0 Å². The quantitative estimate of drug-likeness (QED) is 0.386. The van der Waals surface area contributed by atoms with E-state index in [0.29, 0.717) is 50.1 Å². The summed E-state index contributed by atoms with van der Waals surface area (Å²) in [5.41, 5.74) is 1.03. The maximum atomic E-state index is 13.7. The van der Waals surface area contributed by atoms with Crippen molar-refractivity contribution in [3.8, 4) is 6.07 Å². The Bertz CT molecular complexity index is 1270. The lowest BCUT2D eigenvalue weighted by Crippen LogP contribution is -2.51. The third kappa shape index (κ3) is 6.93. The third-order valence-corrected chi connectivity index (χ3v) is 7.29. The van der Waals surface area contributed by atoms with E-state index in [0.717, 1.165) is 5.56 Å². The summed E-state index contributed by atoms with van der Waals surface area (Å²) < 4.78 is 11.5. The van der Waals surface area contributed by atoms with E-state index < -0.39 is 29.3 Å². The Morgan fingerprint density at radius 1 is 0.950 bits per heavy atom. The lowest BCUT2D eigenvalue weighted by atomic mass is 9.91. The van der Waals surface area contributed by atoms with Crippen LogP contribution in [0.4, 0.5) is 0 Å². The molecule has 4 rings (SSSR count). The van der Waals surface area contributed by atoms with Gasteiger partial charge in [0.15, 0.2) is 0 Å². The van der Waals surface area contributed by atoms with E-state index in [-0.39, 0.29) is 24.5 Å². The summed E-state index contributed by atoms with van der Waals surface area (Å²) in [5, 5.41) is 9.10. The largest absolute Gasteiger partial charge is 0.456 e. The zero-order chi connectivity index (χ0) is 28.9. The highest BCUT2D eigenvalue weighted by Crippen LogP contribution is 2.27. The predicted octanol–water partition coefficient (Wildman–Crippen LogP) is 3.51. The first-order valence-corrected chi connectivity index (χ1v) is 13.6. The lowest BCUT2D eigenvalue weighted by molar-refractivity contribution is -0.163. The van der Waals surface area contributed by atoms with Gasteiger partial charge in [0.25, 0.3) is 5.91 Å². The molecule has 2 aliphatic heterocycles.